The highest BCUT2D eigenvalue weighted by atomic mass is 15.2. The van der Waals surface area contributed by atoms with E-state index in [0.29, 0.717) is 6.04 Å². The van der Waals surface area contributed by atoms with Gasteiger partial charge in [-0.2, -0.15) is 0 Å². The van der Waals surface area contributed by atoms with Crippen LogP contribution in [0.15, 0.2) is 0 Å². The molecule has 0 aromatic carbocycles. The summed E-state index contributed by atoms with van der Waals surface area (Å²) in [5, 5.41) is 0. The van der Waals surface area contributed by atoms with Crippen molar-refractivity contribution >= 4 is 0 Å². The number of nitrogens with two attached hydrogens (primary N) is 1. The topological polar surface area (TPSA) is 29.3 Å². The third-order valence-corrected chi connectivity index (χ3v) is 5.81. The Hall–Kier alpha value is -0.0800. The maximum atomic E-state index is 6.06. The summed E-state index contributed by atoms with van der Waals surface area (Å²) in [6.45, 7) is 9.39. The summed E-state index contributed by atoms with van der Waals surface area (Å²) in [6, 6.07) is 1.46. The van der Waals surface area contributed by atoms with Crippen molar-refractivity contribution in [1.82, 2.24) is 4.90 Å². The second-order valence-corrected chi connectivity index (χ2v) is 6.76. The molecule has 2 aliphatic rings. The Bertz CT molecular complexity index is 253. The lowest BCUT2D eigenvalue weighted by atomic mass is 9.75. The first-order chi connectivity index (χ1) is 8.67. The van der Waals surface area contributed by atoms with Crippen LogP contribution in [0.1, 0.15) is 59.3 Å². The standard InChI is InChI=1S/C16H32N2/c1-4-14-8-9-18(15(10-14)11-17)16-7-5-6-12(2)13(16)3/h12-16H,4-11,17H2,1-3H3. The van der Waals surface area contributed by atoms with Crippen molar-refractivity contribution in [3.8, 4) is 0 Å². The highest BCUT2D eigenvalue weighted by Gasteiger charge is 2.37. The van der Waals surface area contributed by atoms with Gasteiger partial charge in [0.05, 0.1) is 0 Å². The lowest BCUT2D eigenvalue weighted by Gasteiger charge is -2.48. The van der Waals surface area contributed by atoms with Crippen LogP contribution in [0.4, 0.5) is 0 Å². The SMILES string of the molecule is CCC1CCN(C2CCCC(C)C2C)C(CN)C1. The van der Waals surface area contributed by atoms with Crippen LogP contribution < -0.4 is 5.73 Å². The van der Waals surface area contributed by atoms with Crippen molar-refractivity contribution in [3.05, 3.63) is 0 Å². The van der Waals surface area contributed by atoms with Gasteiger partial charge >= 0.3 is 0 Å². The van der Waals surface area contributed by atoms with Gasteiger partial charge in [-0.1, -0.05) is 40.0 Å². The maximum absolute atomic E-state index is 6.06. The molecule has 2 nitrogen and oxygen atoms in total. The van der Waals surface area contributed by atoms with Crippen molar-refractivity contribution < 1.29 is 0 Å². The van der Waals surface area contributed by atoms with Gasteiger partial charge in [-0.3, -0.25) is 4.90 Å². The van der Waals surface area contributed by atoms with Crippen LogP contribution in [0.3, 0.4) is 0 Å². The molecule has 0 radical (unpaired) electrons. The molecule has 0 amide bonds. The summed E-state index contributed by atoms with van der Waals surface area (Å²) < 4.78 is 0. The monoisotopic (exact) mass is 252 g/mol. The smallest absolute Gasteiger partial charge is 0.0224 e. The molecular weight excluding hydrogens is 220 g/mol. The molecule has 1 saturated heterocycles. The van der Waals surface area contributed by atoms with E-state index in [4.69, 9.17) is 5.73 Å². The van der Waals surface area contributed by atoms with E-state index in [0.717, 1.165) is 30.3 Å². The second kappa shape index (κ2) is 6.38. The van der Waals surface area contributed by atoms with E-state index >= 15 is 0 Å². The fraction of sp³-hybridized carbons (Fsp3) is 1.00. The molecule has 1 aliphatic carbocycles. The fourth-order valence-corrected chi connectivity index (χ4v) is 4.21. The van der Waals surface area contributed by atoms with Gasteiger partial charge in [0, 0.05) is 18.6 Å². The molecule has 2 fully saturated rings. The van der Waals surface area contributed by atoms with Gasteiger partial charge in [0.2, 0.25) is 0 Å². The molecule has 0 bridgehead atoms. The van der Waals surface area contributed by atoms with Crippen molar-refractivity contribution in [3.63, 3.8) is 0 Å². The number of likely N-dealkylation sites (tertiary alicyclic amines) is 1. The summed E-state index contributed by atoms with van der Waals surface area (Å²) in [4.78, 5) is 2.78. The Balaban J connectivity index is 2.02. The lowest BCUT2D eigenvalue weighted by molar-refractivity contribution is 0.0126. The van der Waals surface area contributed by atoms with Crippen LogP contribution in [0.25, 0.3) is 0 Å². The molecule has 1 saturated carbocycles. The molecule has 0 aromatic heterocycles. The van der Waals surface area contributed by atoms with Crippen molar-refractivity contribution in [1.29, 1.82) is 0 Å². The number of hydrogen-bond donors (Lipinski definition) is 1. The van der Waals surface area contributed by atoms with Gasteiger partial charge in [0.1, 0.15) is 0 Å². The van der Waals surface area contributed by atoms with E-state index in [1.165, 1.54) is 45.1 Å². The zero-order valence-electron chi connectivity index (χ0n) is 12.6. The Morgan fingerprint density at radius 3 is 2.61 bits per heavy atom. The highest BCUT2D eigenvalue weighted by molar-refractivity contribution is 4.91. The molecule has 106 valence electrons. The third kappa shape index (κ3) is 2.91. The maximum Gasteiger partial charge on any atom is 0.0224 e. The molecule has 0 aromatic rings. The van der Waals surface area contributed by atoms with Gasteiger partial charge in [0.15, 0.2) is 0 Å². The molecule has 2 N–H and O–H groups in total. The van der Waals surface area contributed by atoms with E-state index in [2.05, 4.69) is 25.7 Å². The first-order valence-corrected chi connectivity index (χ1v) is 8.13. The van der Waals surface area contributed by atoms with Crippen LogP contribution in [0.2, 0.25) is 0 Å². The zero-order valence-corrected chi connectivity index (χ0v) is 12.6. The first kappa shape index (κ1) is 14.3. The molecule has 0 spiro atoms. The Morgan fingerprint density at radius 1 is 1.17 bits per heavy atom. The minimum Gasteiger partial charge on any atom is -0.329 e. The number of rotatable bonds is 3. The van der Waals surface area contributed by atoms with Gasteiger partial charge in [0.25, 0.3) is 0 Å². The summed E-state index contributed by atoms with van der Waals surface area (Å²) in [6.07, 6.45) is 8.31. The van der Waals surface area contributed by atoms with Gasteiger partial charge in [-0.25, -0.2) is 0 Å². The Morgan fingerprint density at radius 2 is 1.94 bits per heavy atom. The summed E-state index contributed by atoms with van der Waals surface area (Å²) in [5.74, 6) is 2.67. The van der Waals surface area contributed by atoms with Crippen LogP contribution in [0.5, 0.6) is 0 Å². The first-order valence-electron chi connectivity index (χ1n) is 8.13. The van der Waals surface area contributed by atoms with E-state index in [1.807, 2.05) is 0 Å². The second-order valence-electron chi connectivity index (χ2n) is 6.76. The summed E-state index contributed by atoms with van der Waals surface area (Å²) in [5.41, 5.74) is 6.06. The molecule has 5 unspecified atom stereocenters. The molecule has 2 rings (SSSR count). The molecule has 2 heteroatoms. The summed E-state index contributed by atoms with van der Waals surface area (Å²) in [7, 11) is 0. The quantitative estimate of drug-likeness (QED) is 0.835. The number of hydrogen-bond acceptors (Lipinski definition) is 2. The highest BCUT2D eigenvalue weighted by Crippen LogP contribution is 2.36. The predicted molar refractivity (Wildman–Crippen MR) is 78.5 cm³/mol. The largest absolute Gasteiger partial charge is 0.329 e. The molecule has 1 heterocycles. The van der Waals surface area contributed by atoms with Crippen LogP contribution in [-0.2, 0) is 0 Å². The average Bonchev–Trinajstić information content (AvgIpc) is 2.41. The zero-order chi connectivity index (χ0) is 13.1. The van der Waals surface area contributed by atoms with Crippen molar-refractivity contribution in [2.45, 2.75) is 71.4 Å². The summed E-state index contributed by atoms with van der Waals surface area (Å²) >= 11 is 0. The Kier molecular flexibility index (Phi) is 5.08. The normalized spacial score (nSPS) is 43.0. The van der Waals surface area contributed by atoms with E-state index in [9.17, 15) is 0 Å². The van der Waals surface area contributed by atoms with E-state index < -0.39 is 0 Å². The van der Waals surface area contributed by atoms with Crippen LogP contribution >= 0.6 is 0 Å². The minimum absolute atomic E-state index is 0.654. The number of nitrogens with zero attached hydrogens (tertiary/aromatic N) is 1. The van der Waals surface area contributed by atoms with E-state index in [1.54, 1.807) is 0 Å². The number of piperidine rings is 1. The average molecular weight is 252 g/mol. The van der Waals surface area contributed by atoms with Crippen molar-refractivity contribution in [2.24, 2.45) is 23.5 Å². The van der Waals surface area contributed by atoms with Crippen LogP contribution in [0, 0.1) is 17.8 Å². The molecule has 5 atom stereocenters. The Labute approximate surface area is 113 Å². The van der Waals surface area contributed by atoms with Gasteiger partial charge < -0.3 is 5.73 Å². The molecule has 18 heavy (non-hydrogen) atoms. The fourth-order valence-electron chi connectivity index (χ4n) is 4.21. The molecule has 1 aliphatic heterocycles. The lowest BCUT2D eigenvalue weighted by Crippen LogP contribution is -2.55. The van der Waals surface area contributed by atoms with Gasteiger partial charge in [-0.05, 0) is 43.6 Å². The van der Waals surface area contributed by atoms with Crippen molar-refractivity contribution in [2.75, 3.05) is 13.1 Å². The predicted octanol–water partition coefficient (Wildman–Crippen LogP) is 3.26. The van der Waals surface area contributed by atoms with Gasteiger partial charge in [-0.15, -0.1) is 0 Å². The minimum atomic E-state index is 0.654. The molecular formula is C16H32N2. The van der Waals surface area contributed by atoms with Crippen LogP contribution in [-0.4, -0.2) is 30.1 Å². The van der Waals surface area contributed by atoms with E-state index in [-0.39, 0.29) is 0 Å². The third-order valence-electron chi connectivity index (χ3n) is 5.81.